The van der Waals surface area contributed by atoms with Crippen LogP contribution in [0.3, 0.4) is 0 Å². The molecule has 3 rings (SSSR count). The summed E-state index contributed by atoms with van der Waals surface area (Å²) >= 11 is 0. The van der Waals surface area contributed by atoms with Crippen LogP contribution in [0.25, 0.3) is 0 Å². The van der Waals surface area contributed by atoms with Gasteiger partial charge in [0.25, 0.3) is 0 Å². The highest BCUT2D eigenvalue weighted by Gasteiger charge is 2.23. The van der Waals surface area contributed by atoms with Crippen molar-refractivity contribution in [2.45, 2.75) is 39.2 Å². The molecule has 1 unspecified atom stereocenters. The third-order valence-corrected chi connectivity index (χ3v) is 5.62. The maximum Gasteiger partial charge on any atom is 0.191 e. The fraction of sp³-hybridized carbons (Fsp3) is 0.545. The van der Waals surface area contributed by atoms with Gasteiger partial charge in [0.05, 0.1) is 18.8 Å². The van der Waals surface area contributed by atoms with E-state index >= 15 is 0 Å². The number of hydrogen-bond donors (Lipinski definition) is 2. The molecule has 1 atom stereocenters. The zero-order valence-corrected chi connectivity index (χ0v) is 18.0. The molecule has 0 bridgehead atoms. The van der Waals surface area contributed by atoms with E-state index in [2.05, 4.69) is 37.8 Å². The monoisotopic (exact) mass is 399 g/mol. The zero-order valence-electron chi connectivity index (χ0n) is 18.0. The molecule has 0 spiro atoms. The fourth-order valence-electron chi connectivity index (χ4n) is 3.92. The number of nitrogens with zero attached hydrogens (tertiary/aromatic N) is 3. The molecule has 29 heavy (non-hydrogen) atoms. The first-order valence-corrected chi connectivity index (χ1v) is 10.4. The minimum atomic E-state index is 0.310. The van der Waals surface area contributed by atoms with Gasteiger partial charge in [-0.3, -0.25) is 9.89 Å². The molecular formula is C22H33N5O2. The molecule has 7 heteroatoms. The number of guanidine groups is 1. The van der Waals surface area contributed by atoms with Crippen LogP contribution in [0.2, 0.25) is 0 Å². The Balaban J connectivity index is 1.58. The van der Waals surface area contributed by atoms with Crippen LogP contribution >= 0.6 is 0 Å². The lowest BCUT2D eigenvalue weighted by Gasteiger charge is -2.29. The molecule has 7 nitrogen and oxygen atoms in total. The third kappa shape index (κ3) is 5.50. The van der Waals surface area contributed by atoms with Crippen molar-refractivity contribution >= 4 is 5.96 Å². The Hall–Kier alpha value is -2.54. The van der Waals surface area contributed by atoms with Crippen LogP contribution in [0, 0.1) is 13.8 Å². The molecule has 2 N–H and O–H groups in total. The van der Waals surface area contributed by atoms with Gasteiger partial charge in [-0.05, 0) is 63.9 Å². The first-order valence-electron chi connectivity index (χ1n) is 10.4. The van der Waals surface area contributed by atoms with E-state index in [-0.39, 0.29) is 0 Å². The lowest BCUT2D eigenvalue weighted by Crippen LogP contribution is -2.43. The van der Waals surface area contributed by atoms with Gasteiger partial charge < -0.3 is 19.9 Å². The van der Waals surface area contributed by atoms with Crippen LogP contribution in [-0.4, -0.2) is 56.4 Å². The van der Waals surface area contributed by atoms with Crippen molar-refractivity contribution < 1.29 is 9.26 Å². The molecule has 1 aromatic carbocycles. The molecule has 2 aromatic rings. The van der Waals surface area contributed by atoms with Crippen LogP contribution in [0.15, 0.2) is 33.8 Å². The number of benzene rings is 1. The minimum Gasteiger partial charge on any atom is -0.497 e. The smallest absolute Gasteiger partial charge is 0.191 e. The number of nitrogens with one attached hydrogen (secondary N) is 2. The molecule has 1 saturated heterocycles. The summed E-state index contributed by atoms with van der Waals surface area (Å²) in [5.74, 6) is 2.59. The van der Waals surface area contributed by atoms with Gasteiger partial charge in [-0.15, -0.1) is 0 Å². The standard InChI is InChI=1S/C22H33N5O2/c1-16-20(17(2)29-26-16)11-12-24-22(23-3)25-15-21(27-13-5-6-14-27)18-7-9-19(28-4)10-8-18/h7-10,21H,5-6,11-15H2,1-4H3,(H2,23,24,25). The Morgan fingerprint density at radius 1 is 1.21 bits per heavy atom. The van der Waals surface area contributed by atoms with Crippen molar-refractivity contribution in [1.29, 1.82) is 0 Å². The molecule has 0 radical (unpaired) electrons. The molecule has 1 aliphatic heterocycles. The number of methoxy groups -OCH3 is 1. The molecule has 1 aliphatic rings. The maximum absolute atomic E-state index is 5.31. The molecule has 1 fully saturated rings. The highest BCUT2D eigenvalue weighted by atomic mass is 16.5. The quantitative estimate of drug-likeness (QED) is 0.525. The summed E-state index contributed by atoms with van der Waals surface area (Å²) in [6.07, 6.45) is 3.38. The number of ether oxygens (including phenoxy) is 1. The molecular weight excluding hydrogens is 366 g/mol. The van der Waals surface area contributed by atoms with Crippen molar-refractivity contribution in [3.05, 3.63) is 46.8 Å². The Bertz CT molecular complexity index is 775. The number of hydrogen-bond acceptors (Lipinski definition) is 5. The Morgan fingerprint density at radius 2 is 1.93 bits per heavy atom. The summed E-state index contributed by atoms with van der Waals surface area (Å²) in [6, 6.07) is 8.71. The highest BCUT2D eigenvalue weighted by molar-refractivity contribution is 5.79. The SMILES string of the molecule is CN=C(NCCc1c(C)noc1C)NCC(c1ccc(OC)cc1)N1CCCC1. The van der Waals surface area contributed by atoms with Gasteiger partial charge in [0, 0.05) is 25.7 Å². The van der Waals surface area contributed by atoms with E-state index in [0.717, 1.165) is 55.8 Å². The van der Waals surface area contributed by atoms with E-state index in [1.54, 1.807) is 7.11 Å². The molecule has 0 saturated carbocycles. The van der Waals surface area contributed by atoms with Crippen LogP contribution in [0.4, 0.5) is 0 Å². The minimum absolute atomic E-state index is 0.310. The van der Waals surface area contributed by atoms with Crippen molar-refractivity contribution in [2.24, 2.45) is 4.99 Å². The van der Waals surface area contributed by atoms with Crippen LogP contribution < -0.4 is 15.4 Å². The molecule has 158 valence electrons. The van der Waals surface area contributed by atoms with Crippen LogP contribution in [0.5, 0.6) is 5.75 Å². The van der Waals surface area contributed by atoms with Crippen molar-refractivity contribution in [3.8, 4) is 5.75 Å². The Morgan fingerprint density at radius 3 is 2.52 bits per heavy atom. The van der Waals surface area contributed by atoms with Gasteiger partial charge in [-0.2, -0.15) is 0 Å². The molecule has 2 heterocycles. The summed E-state index contributed by atoms with van der Waals surface area (Å²) in [7, 11) is 3.51. The third-order valence-electron chi connectivity index (χ3n) is 5.62. The second-order valence-electron chi connectivity index (χ2n) is 7.46. The topological polar surface area (TPSA) is 74.9 Å². The largest absolute Gasteiger partial charge is 0.497 e. The van der Waals surface area contributed by atoms with Gasteiger partial charge >= 0.3 is 0 Å². The van der Waals surface area contributed by atoms with E-state index in [4.69, 9.17) is 9.26 Å². The average molecular weight is 400 g/mol. The first-order chi connectivity index (χ1) is 14.1. The Labute approximate surface area is 173 Å². The second-order valence-corrected chi connectivity index (χ2v) is 7.46. The van der Waals surface area contributed by atoms with E-state index in [1.807, 2.05) is 33.0 Å². The highest BCUT2D eigenvalue weighted by Crippen LogP contribution is 2.26. The Kier molecular flexibility index (Phi) is 7.52. The number of aryl methyl sites for hydroxylation is 2. The van der Waals surface area contributed by atoms with Crippen molar-refractivity contribution in [2.75, 3.05) is 40.3 Å². The summed E-state index contributed by atoms with van der Waals surface area (Å²) in [4.78, 5) is 6.94. The zero-order chi connectivity index (χ0) is 20.6. The van der Waals surface area contributed by atoms with E-state index in [9.17, 15) is 0 Å². The summed E-state index contributed by atoms with van der Waals surface area (Å²) in [5, 5.41) is 10.9. The molecule has 1 aromatic heterocycles. The summed E-state index contributed by atoms with van der Waals surface area (Å²) in [6.45, 7) is 7.79. The van der Waals surface area contributed by atoms with Gasteiger partial charge in [-0.1, -0.05) is 17.3 Å². The average Bonchev–Trinajstić information content (AvgIpc) is 3.38. The summed E-state index contributed by atoms with van der Waals surface area (Å²) < 4.78 is 10.6. The first kappa shape index (κ1) is 21.2. The second kappa shape index (κ2) is 10.3. The van der Waals surface area contributed by atoms with Gasteiger partial charge in [0.1, 0.15) is 11.5 Å². The van der Waals surface area contributed by atoms with Crippen molar-refractivity contribution in [3.63, 3.8) is 0 Å². The number of aromatic nitrogens is 1. The molecule has 0 aliphatic carbocycles. The molecule has 0 amide bonds. The summed E-state index contributed by atoms with van der Waals surface area (Å²) in [5.41, 5.74) is 3.42. The van der Waals surface area contributed by atoms with Crippen molar-refractivity contribution in [1.82, 2.24) is 20.7 Å². The maximum atomic E-state index is 5.31. The van der Waals surface area contributed by atoms with Gasteiger partial charge in [0.2, 0.25) is 0 Å². The lowest BCUT2D eigenvalue weighted by molar-refractivity contribution is 0.245. The number of likely N-dealkylation sites (tertiary alicyclic amines) is 1. The van der Waals surface area contributed by atoms with Crippen LogP contribution in [-0.2, 0) is 6.42 Å². The van der Waals surface area contributed by atoms with E-state index < -0.39 is 0 Å². The van der Waals surface area contributed by atoms with Gasteiger partial charge in [0.15, 0.2) is 5.96 Å². The van der Waals surface area contributed by atoms with Crippen LogP contribution in [0.1, 0.15) is 41.5 Å². The predicted octanol–water partition coefficient (Wildman–Crippen LogP) is 2.84. The lowest BCUT2D eigenvalue weighted by atomic mass is 10.1. The van der Waals surface area contributed by atoms with E-state index in [0.29, 0.717) is 6.04 Å². The van der Waals surface area contributed by atoms with E-state index in [1.165, 1.54) is 24.0 Å². The van der Waals surface area contributed by atoms with Gasteiger partial charge in [-0.25, -0.2) is 0 Å². The number of rotatable bonds is 8. The predicted molar refractivity (Wildman–Crippen MR) is 116 cm³/mol. The number of aliphatic imine (C=N–C) groups is 1. The normalized spacial score (nSPS) is 16.1. The fourth-order valence-corrected chi connectivity index (χ4v) is 3.92.